The Labute approximate surface area is 121 Å². The van der Waals surface area contributed by atoms with Gasteiger partial charge in [-0.2, -0.15) is 0 Å². The zero-order valence-corrected chi connectivity index (χ0v) is 11.1. The molecule has 0 radical (unpaired) electrons. The minimum atomic E-state index is -1.31. The largest absolute Gasteiger partial charge is 0.477 e. The molecule has 0 atom stereocenters. The molecule has 0 spiro atoms. The van der Waals surface area contributed by atoms with Crippen LogP contribution in [0.4, 0.5) is 17.3 Å². The number of aromatic nitrogens is 3. The zero-order chi connectivity index (χ0) is 15.6. The number of nitrogen functional groups attached to an aromatic ring is 2. The van der Waals surface area contributed by atoms with Gasteiger partial charge >= 0.3 is 11.7 Å². The molecule has 2 heterocycles. The van der Waals surface area contributed by atoms with Gasteiger partial charge in [0, 0.05) is 12.1 Å². The zero-order valence-electron chi connectivity index (χ0n) is 10.3. The number of carboxylic acids is 1. The van der Waals surface area contributed by atoms with Crippen molar-refractivity contribution in [1.29, 1.82) is 0 Å². The molecule has 2 rings (SSSR count). The van der Waals surface area contributed by atoms with Crippen LogP contribution in [-0.2, 0) is 0 Å². The highest BCUT2D eigenvalue weighted by atomic mass is 32.2. The molecule has 0 bridgehead atoms. The molecule has 0 aromatic carbocycles. The summed E-state index contributed by atoms with van der Waals surface area (Å²) in [6.07, 6.45) is 0. The maximum Gasteiger partial charge on any atom is 0.354 e. The Bertz CT molecular complexity index is 717. The van der Waals surface area contributed by atoms with Gasteiger partial charge < -0.3 is 16.6 Å². The summed E-state index contributed by atoms with van der Waals surface area (Å²) in [6.45, 7) is 0. The van der Waals surface area contributed by atoms with Gasteiger partial charge in [-0.25, -0.2) is 19.7 Å². The van der Waals surface area contributed by atoms with E-state index >= 15 is 0 Å². The summed E-state index contributed by atoms with van der Waals surface area (Å²) in [5.74, 6) is -1.14. The molecule has 0 aliphatic rings. The molecule has 0 aliphatic heterocycles. The molecular formula is C10H8N6O4S. The summed E-state index contributed by atoms with van der Waals surface area (Å²) in [4.78, 5) is 32.5. The first-order valence-corrected chi connectivity index (χ1v) is 6.15. The highest BCUT2D eigenvalue weighted by Crippen LogP contribution is 2.32. The Kier molecular flexibility index (Phi) is 3.84. The van der Waals surface area contributed by atoms with E-state index in [0.29, 0.717) is 11.8 Å². The predicted molar refractivity (Wildman–Crippen MR) is 72.8 cm³/mol. The van der Waals surface area contributed by atoms with Crippen LogP contribution >= 0.6 is 11.8 Å². The summed E-state index contributed by atoms with van der Waals surface area (Å²) in [6, 6.07) is 3.41. The third kappa shape index (κ3) is 3.33. The Morgan fingerprint density at radius 2 is 1.86 bits per heavy atom. The fourth-order valence-corrected chi connectivity index (χ4v) is 2.23. The lowest BCUT2D eigenvalue weighted by molar-refractivity contribution is -0.388. The van der Waals surface area contributed by atoms with Crippen LogP contribution in [0.1, 0.15) is 10.5 Å². The van der Waals surface area contributed by atoms with Gasteiger partial charge in [-0.1, -0.05) is 0 Å². The quantitative estimate of drug-likeness (QED) is 0.416. The van der Waals surface area contributed by atoms with Crippen LogP contribution in [0.2, 0.25) is 0 Å². The highest BCUT2D eigenvalue weighted by molar-refractivity contribution is 7.99. The van der Waals surface area contributed by atoms with E-state index in [-0.39, 0.29) is 33.2 Å². The topological polar surface area (TPSA) is 171 Å². The van der Waals surface area contributed by atoms with Gasteiger partial charge in [0.1, 0.15) is 17.3 Å². The number of carbonyl (C=O) groups is 1. The number of anilines is 2. The molecule has 0 amide bonds. The molecule has 2 aromatic rings. The smallest absolute Gasteiger partial charge is 0.354 e. The van der Waals surface area contributed by atoms with Crippen LogP contribution in [-0.4, -0.2) is 31.0 Å². The van der Waals surface area contributed by atoms with E-state index in [9.17, 15) is 14.9 Å². The van der Waals surface area contributed by atoms with Crippen molar-refractivity contribution < 1.29 is 14.8 Å². The monoisotopic (exact) mass is 308 g/mol. The average Bonchev–Trinajstić information content (AvgIpc) is 2.36. The first kappa shape index (κ1) is 14.5. The lowest BCUT2D eigenvalue weighted by Gasteiger charge is -2.04. The van der Waals surface area contributed by atoms with Crippen molar-refractivity contribution in [2.75, 3.05) is 11.5 Å². The molecule has 0 fully saturated rings. The van der Waals surface area contributed by atoms with E-state index in [4.69, 9.17) is 16.6 Å². The molecule has 2 aromatic heterocycles. The van der Waals surface area contributed by atoms with E-state index in [2.05, 4.69) is 15.0 Å². The molecule has 5 N–H and O–H groups in total. The summed E-state index contributed by atoms with van der Waals surface area (Å²) in [7, 11) is 0. The maximum atomic E-state index is 10.9. The van der Waals surface area contributed by atoms with Gasteiger partial charge in [0.25, 0.3) is 0 Å². The first-order valence-electron chi connectivity index (χ1n) is 5.33. The van der Waals surface area contributed by atoms with Crippen LogP contribution in [0.25, 0.3) is 0 Å². The summed E-state index contributed by atoms with van der Waals surface area (Å²) in [5, 5.41) is 19.7. The number of rotatable bonds is 4. The number of nitro groups is 1. The van der Waals surface area contributed by atoms with Crippen molar-refractivity contribution in [2.45, 2.75) is 10.2 Å². The number of hydrogen-bond donors (Lipinski definition) is 3. The number of nitrogens with two attached hydrogens (primary N) is 2. The standard InChI is InChI=1S/C10H8N6O4S/c11-6-3-7(12)15-10(14-6)21-8-5(16(19)20)2-1-4(13-8)9(17)18/h1-3H,(H,17,18)(H4,11,12,14,15). The van der Waals surface area contributed by atoms with Crippen LogP contribution < -0.4 is 11.5 Å². The molecule has 0 aliphatic carbocycles. The second kappa shape index (κ2) is 5.58. The van der Waals surface area contributed by atoms with E-state index in [1.165, 1.54) is 6.07 Å². The number of aromatic carboxylic acids is 1. The van der Waals surface area contributed by atoms with Gasteiger partial charge in [0.2, 0.25) is 0 Å². The van der Waals surface area contributed by atoms with Gasteiger partial charge in [-0.3, -0.25) is 10.1 Å². The molecule has 0 saturated carbocycles. The number of hydrogen-bond acceptors (Lipinski definition) is 9. The van der Waals surface area contributed by atoms with Crippen molar-refractivity contribution in [1.82, 2.24) is 15.0 Å². The van der Waals surface area contributed by atoms with Gasteiger partial charge in [0.05, 0.1) is 4.92 Å². The predicted octanol–water partition coefficient (Wildman–Crippen LogP) is 0.794. The Hall–Kier alpha value is -2.95. The van der Waals surface area contributed by atoms with Crippen molar-refractivity contribution in [3.8, 4) is 0 Å². The molecule has 0 saturated heterocycles. The van der Waals surface area contributed by atoms with E-state index in [1.807, 2.05) is 0 Å². The third-order valence-electron chi connectivity index (χ3n) is 2.19. The SMILES string of the molecule is Nc1cc(N)nc(Sc2nc(C(=O)O)ccc2[N+](=O)[O-])n1. The number of nitrogens with zero attached hydrogens (tertiary/aromatic N) is 4. The van der Waals surface area contributed by atoms with Crippen LogP contribution in [0, 0.1) is 10.1 Å². The van der Waals surface area contributed by atoms with E-state index < -0.39 is 10.9 Å². The second-order valence-corrected chi connectivity index (χ2v) is 4.64. The highest BCUT2D eigenvalue weighted by Gasteiger charge is 2.20. The van der Waals surface area contributed by atoms with Gasteiger partial charge in [0.15, 0.2) is 10.2 Å². The molecule has 11 heteroatoms. The second-order valence-electron chi connectivity index (χ2n) is 3.69. The fraction of sp³-hybridized carbons (Fsp3) is 0. The number of carboxylic acid groups (broad SMARTS) is 1. The molecule has 0 unspecified atom stereocenters. The van der Waals surface area contributed by atoms with E-state index in [1.54, 1.807) is 0 Å². The fourth-order valence-electron chi connectivity index (χ4n) is 1.36. The molecular weight excluding hydrogens is 300 g/mol. The Morgan fingerprint density at radius 1 is 1.24 bits per heavy atom. The minimum absolute atomic E-state index is 0.0330. The summed E-state index contributed by atoms with van der Waals surface area (Å²) in [5.41, 5.74) is 10.3. The molecule has 108 valence electrons. The van der Waals surface area contributed by atoms with E-state index in [0.717, 1.165) is 12.1 Å². The van der Waals surface area contributed by atoms with Crippen molar-refractivity contribution in [3.05, 3.63) is 34.0 Å². The lowest BCUT2D eigenvalue weighted by atomic mass is 10.3. The molecule has 21 heavy (non-hydrogen) atoms. The van der Waals surface area contributed by atoms with Crippen molar-refractivity contribution in [3.63, 3.8) is 0 Å². The first-order chi connectivity index (χ1) is 9.86. The van der Waals surface area contributed by atoms with Crippen LogP contribution in [0.5, 0.6) is 0 Å². The Morgan fingerprint density at radius 3 is 2.38 bits per heavy atom. The average molecular weight is 308 g/mol. The molecule has 10 nitrogen and oxygen atoms in total. The summed E-state index contributed by atoms with van der Waals surface area (Å²) < 4.78 is 0. The van der Waals surface area contributed by atoms with Gasteiger partial charge in [-0.05, 0) is 17.8 Å². The Balaban J connectivity index is 2.47. The summed E-state index contributed by atoms with van der Waals surface area (Å²) >= 11 is 0.704. The van der Waals surface area contributed by atoms with Crippen LogP contribution in [0.3, 0.4) is 0 Å². The maximum absolute atomic E-state index is 10.9. The van der Waals surface area contributed by atoms with Gasteiger partial charge in [-0.15, -0.1) is 0 Å². The minimum Gasteiger partial charge on any atom is -0.477 e. The number of pyridine rings is 1. The third-order valence-corrected chi connectivity index (χ3v) is 3.05. The van der Waals surface area contributed by atoms with Crippen LogP contribution in [0.15, 0.2) is 28.4 Å². The van der Waals surface area contributed by atoms with Crippen molar-refractivity contribution >= 4 is 35.1 Å². The normalized spacial score (nSPS) is 10.3. The lowest BCUT2D eigenvalue weighted by Crippen LogP contribution is -2.04. The van der Waals surface area contributed by atoms with Crippen molar-refractivity contribution in [2.24, 2.45) is 0 Å².